The quantitative estimate of drug-likeness (QED) is 0.847. The summed E-state index contributed by atoms with van der Waals surface area (Å²) in [7, 11) is 0. The van der Waals surface area contributed by atoms with Crippen molar-refractivity contribution in [2.45, 2.75) is 18.6 Å². The maximum absolute atomic E-state index is 12.9. The molecule has 3 rings (SSSR count). The van der Waals surface area contributed by atoms with Crippen LogP contribution in [-0.2, 0) is 6.18 Å². The Morgan fingerprint density at radius 2 is 2.12 bits per heavy atom. The number of alkyl halides is 3. The van der Waals surface area contributed by atoms with E-state index in [1.807, 2.05) is 4.90 Å². The number of carbonyl (C=O) groups excluding carboxylic acids is 1. The number of nitrogens with zero attached hydrogens (tertiary/aromatic N) is 3. The number of urea groups is 1. The Morgan fingerprint density at radius 1 is 1.31 bits per heavy atom. The van der Waals surface area contributed by atoms with Crippen LogP contribution in [0.5, 0.6) is 0 Å². The molecule has 10 heteroatoms. The minimum absolute atomic E-state index is 0.0184. The highest BCUT2D eigenvalue weighted by molar-refractivity contribution is 6.31. The van der Waals surface area contributed by atoms with Gasteiger partial charge in [-0.1, -0.05) is 11.6 Å². The highest BCUT2D eigenvalue weighted by Crippen LogP contribution is 2.36. The lowest BCUT2D eigenvalue weighted by Crippen LogP contribution is -2.39. The molecule has 1 fully saturated rings. The van der Waals surface area contributed by atoms with Crippen LogP contribution in [0.25, 0.3) is 0 Å². The summed E-state index contributed by atoms with van der Waals surface area (Å²) in [5, 5.41) is 4.74. The van der Waals surface area contributed by atoms with E-state index in [1.54, 1.807) is 12.3 Å². The van der Waals surface area contributed by atoms with Gasteiger partial charge in [0.05, 0.1) is 10.6 Å². The molecule has 1 atom stereocenters. The molecule has 1 aliphatic heterocycles. The number of benzene rings is 1. The monoisotopic (exact) mass is 385 g/mol. The second kappa shape index (κ2) is 7.36. The van der Waals surface area contributed by atoms with Crippen LogP contribution in [0.2, 0.25) is 5.02 Å². The van der Waals surface area contributed by atoms with Gasteiger partial charge in [-0.3, -0.25) is 0 Å². The van der Waals surface area contributed by atoms with Crippen molar-refractivity contribution in [3.05, 3.63) is 47.4 Å². The zero-order chi connectivity index (χ0) is 18.7. The standard InChI is InChI=1S/C16H15ClF3N5O/c17-13-2-1-10(7-12(13)16(18,19)20)23-15(26)24-11-4-6-25(8-11)14-3-5-21-9-22-14/h1-3,5,7,9,11H,4,6,8H2,(H2,23,24,26)/t11-/m0/s1. The summed E-state index contributed by atoms with van der Waals surface area (Å²) in [6.45, 7) is 1.26. The highest BCUT2D eigenvalue weighted by atomic mass is 35.5. The lowest BCUT2D eigenvalue weighted by Gasteiger charge is -2.18. The van der Waals surface area contributed by atoms with Crippen LogP contribution in [0.3, 0.4) is 0 Å². The lowest BCUT2D eigenvalue weighted by atomic mass is 10.2. The molecule has 0 saturated carbocycles. The fourth-order valence-electron chi connectivity index (χ4n) is 2.73. The summed E-state index contributed by atoms with van der Waals surface area (Å²) in [4.78, 5) is 22.1. The Kier molecular flexibility index (Phi) is 5.17. The fraction of sp³-hybridized carbons (Fsp3) is 0.312. The van der Waals surface area contributed by atoms with Crippen LogP contribution < -0.4 is 15.5 Å². The van der Waals surface area contributed by atoms with E-state index in [9.17, 15) is 18.0 Å². The summed E-state index contributed by atoms with van der Waals surface area (Å²) in [6, 6.07) is 4.29. The number of aromatic nitrogens is 2. The first kappa shape index (κ1) is 18.2. The maximum atomic E-state index is 12.9. The van der Waals surface area contributed by atoms with Crippen LogP contribution in [0.4, 0.5) is 29.5 Å². The van der Waals surface area contributed by atoms with Gasteiger partial charge in [0.25, 0.3) is 0 Å². The van der Waals surface area contributed by atoms with Crippen molar-refractivity contribution in [3.8, 4) is 0 Å². The lowest BCUT2D eigenvalue weighted by molar-refractivity contribution is -0.137. The molecule has 2 heterocycles. The molecule has 0 spiro atoms. The first-order valence-electron chi connectivity index (χ1n) is 7.78. The number of amides is 2. The molecule has 2 amide bonds. The molecule has 1 aromatic heterocycles. The first-order valence-corrected chi connectivity index (χ1v) is 8.16. The summed E-state index contributed by atoms with van der Waals surface area (Å²) in [5.74, 6) is 0.761. The topological polar surface area (TPSA) is 70.2 Å². The van der Waals surface area contributed by atoms with Gasteiger partial charge in [-0.2, -0.15) is 13.2 Å². The number of hydrogen-bond acceptors (Lipinski definition) is 4. The summed E-state index contributed by atoms with van der Waals surface area (Å²) >= 11 is 5.56. The number of halogens is 4. The van der Waals surface area contributed by atoms with Crippen LogP contribution in [0.15, 0.2) is 36.8 Å². The number of nitrogens with one attached hydrogen (secondary N) is 2. The Morgan fingerprint density at radius 3 is 2.81 bits per heavy atom. The van der Waals surface area contributed by atoms with Gasteiger partial charge in [0.15, 0.2) is 0 Å². The molecule has 0 aliphatic carbocycles. The number of hydrogen-bond donors (Lipinski definition) is 2. The van der Waals surface area contributed by atoms with E-state index in [2.05, 4.69) is 20.6 Å². The van der Waals surface area contributed by atoms with Gasteiger partial charge >= 0.3 is 12.2 Å². The fourth-order valence-corrected chi connectivity index (χ4v) is 2.95. The van der Waals surface area contributed by atoms with Gasteiger partial charge in [0.2, 0.25) is 0 Å². The molecule has 2 N–H and O–H groups in total. The molecule has 138 valence electrons. The molecule has 0 bridgehead atoms. The SMILES string of the molecule is O=C(Nc1ccc(Cl)c(C(F)(F)F)c1)N[C@H]1CCN(c2ccncn2)C1. The van der Waals surface area contributed by atoms with Crippen LogP contribution >= 0.6 is 11.6 Å². The summed E-state index contributed by atoms with van der Waals surface area (Å²) in [5.41, 5.74) is -0.974. The van der Waals surface area contributed by atoms with Crippen LogP contribution in [-0.4, -0.2) is 35.1 Å². The Bertz CT molecular complexity index is 787. The van der Waals surface area contributed by atoms with Crippen molar-refractivity contribution in [2.75, 3.05) is 23.3 Å². The second-order valence-electron chi connectivity index (χ2n) is 5.79. The maximum Gasteiger partial charge on any atom is 0.417 e. The number of anilines is 2. The molecule has 1 saturated heterocycles. The largest absolute Gasteiger partial charge is 0.417 e. The minimum Gasteiger partial charge on any atom is -0.354 e. The Hall–Kier alpha value is -2.55. The molecule has 1 aromatic carbocycles. The van der Waals surface area contributed by atoms with Crippen molar-refractivity contribution in [2.24, 2.45) is 0 Å². The van der Waals surface area contributed by atoms with Gasteiger partial charge in [-0.05, 0) is 30.7 Å². The summed E-state index contributed by atoms with van der Waals surface area (Å²) in [6.07, 6.45) is -0.809. The van der Waals surface area contributed by atoms with Gasteiger partial charge in [0.1, 0.15) is 12.1 Å². The third kappa shape index (κ3) is 4.34. The minimum atomic E-state index is -4.59. The zero-order valence-electron chi connectivity index (χ0n) is 13.4. The van der Waals surface area contributed by atoms with E-state index in [0.29, 0.717) is 19.5 Å². The van der Waals surface area contributed by atoms with E-state index >= 15 is 0 Å². The van der Waals surface area contributed by atoms with Crippen LogP contribution in [0.1, 0.15) is 12.0 Å². The predicted molar refractivity (Wildman–Crippen MR) is 91.3 cm³/mol. The smallest absolute Gasteiger partial charge is 0.354 e. The van der Waals surface area contributed by atoms with E-state index in [0.717, 1.165) is 18.0 Å². The van der Waals surface area contributed by atoms with E-state index in [-0.39, 0.29) is 11.7 Å². The van der Waals surface area contributed by atoms with Gasteiger partial charge in [-0.15, -0.1) is 0 Å². The number of carbonyl (C=O) groups is 1. The Labute approximate surface area is 152 Å². The molecule has 0 radical (unpaired) electrons. The van der Waals surface area contributed by atoms with Crippen LogP contribution in [0, 0.1) is 0 Å². The van der Waals surface area contributed by atoms with Gasteiger partial charge in [-0.25, -0.2) is 14.8 Å². The van der Waals surface area contributed by atoms with E-state index in [1.165, 1.54) is 12.4 Å². The predicted octanol–water partition coefficient (Wildman–Crippen LogP) is 3.55. The van der Waals surface area contributed by atoms with Crippen molar-refractivity contribution in [3.63, 3.8) is 0 Å². The molecule has 0 unspecified atom stereocenters. The van der Waals surface area contributed by atoms with E-state index in [4.69, 9.17) is 11.6 Å². The average molecular weight is 386 g/mol. The first-order chi connectivity index (χ1) is 12.3. The third-order valence-corrected chi connectivity index (χ3v) is 4.27. The van der Waals surface area contributed by atoms with Gasteiger partial charge in [0, 0.05) is 31.0 Å². The summed E-state index contributed by atoms with van der Waals surface area (Å²) < 4.78 is 38.6. The molecular weight excluding hydrogens is 371 g/mol. The van der Waals surface area contributed by atoms with Crippen molar-refractivity contribution in [1.29, 1.82) is 0 Å². The normalized spacial score (nSPS) is 17.2. The molecule has 1 aliphatic rings. The second-order valence-corrected chi connectivity index (χ2v) is 6.20. The highest BCUT2D eigenvalue weighted by Gasteiger charge is 2.33. The molecule has 26 heavy (non-hydrogen) atoms. The Balaban J connectivity index is 1.58. The van der Waals surface area contributed by atoms with E-state index < -0.39 is 22.8 Å². The average Bonchev–Trinajstić information content (AvgIpc) is 3.05. The van der Waals surface area contributed by atoms with Crippen molar-refractivity contribution >= 4 is 29.1 Å². The number of rotatable bonds is 3. The van der Waals surface area contributed by atoms with Crippen molar-refractivity contribution < 1.29 is 18.0 Å². The zero-order valence-corrected chi connectivity index (χ0v) is 14.2. The molecule has 2 aromatic rings. The van der Waals surface area contributed by atoms with Gasteiger partial charge < -0.3 is 15.5 Å². The molecular formula is C16H15ClF3N5O. The molecule has 6 nitrogen and oxygen atoms in total. The third-order valence-electron chi connectivity index (χ3n) is 3.94. The van der Waals surface area contributed by atoms with Crippen molar-refractivity contribution in [1.82, 2.24) is 15.3 Å².